The molecule has 0 atom stereocenters. The number of benzene rings is 1. The molecule has 4 rings (SSSR count). The van der Waals surface area contributed by atoms with Gasteiger partial charge in [-0.15, -0.1) is 10.2 Å². The second kappa shape index (κ2) is 7.62. The summed E-state index contributed by atoms with van der Waals surface area (Å²) < 4.78 is 3.36. The van der Waals surface area contributed by atoms with Crippen LogP contribution in [0.5, 0.6) is 0 Å². The molecule has 0 spiro atoms. The van der Waals surface area contributed by atoms with Gasteiger partial charge >= 0.3 is 0 Å². The fourth-order valence-corrected chi connectivity index (χ4v) is 3.26. The second-order valence-corrected chi connectivity index (χ2v) is 6.68. The SMILES string of the molecule is NC1CCC(n2cc(C(=O)NCc3nnnn3-c3ccccc3)nn2)CC1. The Morgan fingerprint density at radius 3 is 2.67 bits per heavy atom. The van der Waals surface area contributed by atoms with Gasteiger partial charge in [0.1, 0.15) is 0 Å². The van der Waals surface area contributed by atoms with E-state index in [1.807, 2.05) is 30.3 Å². The molecule has 1 aromatic carbocycles. The first-order valence-electron chi connectivity index (χ1n) is 8.99. The van der Waals surface area contributed by atoms with Crippen molar-refractivity contribution in [1.29, 1.82) is 0 Å². The Hall–Kier alpha value is -3.14. The van der Waals surface area contributed by atoms with Gasteiger partial charge in [-0.3, -0.25) is 4.79 Å². The fourth-order valence-electron chi connectivity index (χ4n) is 3.26. The molecule has 0 unspecified atom stereocenters. The summed E-state index contributed by atoms with van der Waals surface area (Å²) in [5.41, 5.74) is 7.05. The molecule has 2 heterocycles. The number of aromatic nitrogens is 7. The minimum Gasteiger partial charge on any atom is -0.343 e. The highest BCUT2D eigenvalue weighted by Gasteiger charge is 2.22. The average Bonchev–Trinajstić information content (AvgIpc) is 3.37. The lowest BCUT2D eigenvalue weighted by molar-refractivity contribution is 0.0944. The molecule has 0 radical (unpaired) electrons. The van der Waals surface area contributed by atoms with E-state index in [4.69, 9.17) is 5.73 Å². The lowest BCUT2D eigenvalue weighted by Gasteiger charge is -2.25. The number of tetrazole rings is 1. The zero-order chi connectivity index (χ0) is 18.6. The summed E-state index contributed by atoms with van der Waals surface area (Å²) in [6, 6.07) is 10.0. The number of hydrogen-bond acceptors (Lipinski definition) is 7. The smallest absolute Gasteiger partial charge is 0.273 e. The first-order chi connectivity index (χ1) is 13.2. The molecule has 1 amide bonds. The molecule has 2 aromatic heterocycles. The van der Waals surface area contributed by atoms with Crippen LogP contribution in [-0.4, -0.2) is 47.2 Å². The van der Waals surface area contributed by atoms with Crippen LogP contribution in [0.25, 0.3) is 5.69 Å². The molecule has 27 heavy (non-hydrogen) atoms. The molecule has 0 saturated heterocycles. The van der Waals surface area contributed by atoms with Gasteiger partial charge in [-0.25, -0.2) is 4.68 Å². The second-order valence-electron chi connectivity index (χ2n) is 6.68. The summed E-state index contributed by atoms with van der Waals surface area (Å²) in [6.45, 7) is 0.186. The van der Waals surface area contributed by atoms with Gasteiger partial charge in [-0.05, 0) is 48.2 Å². The molecular formula is C17H21N9O. The molecule has 1 saturated carbocycles. The largest absolute Gasteiger partial charge is 0.343 e. The number of carbonyl (C=O) groups is 1. The molecule has 0 aliphatic heterocycles. The van der Waals surface area contributed by atoms with Crippen LogP contribution >= 0.6 is 0 Å². The monoisotopic (exact) mass is 367 g/mol. The molecular weight excluding hydrogens is 346 g/mol. The van der Waals surface area contributed by atoms with E-state index < -0.39 is 0 Å². The van der Waals surface area contributed by atoms with Gasteiger partial charge in [0.05, 0.1) is 24.5 Å². The highest BCUT2D eigenvalue weighted by molar-refractivity contribution is 5.91. The summed E-state index contributed by atoms with van der Waals surface area (Å²) in [4.78, 5) is 12.4. The van der Waals surface area contributed by atoms with E-state index in [1.54, 1.807) is 15.6 Å². The van der Waals surface area contributed by atoms with Crippen molar-refractivity contribution in [3.8, 4) is 5.69 Å². The molecule has 10 nitrogen and oxygen atoms in total. The van der Waals surface area contributed by atoms with Crippen molar-refractivity contribution >= 4 is 5.91 Å². The van der Waals surface area contributed by atoms with Crippen molar-refractivity contribution in [3.63, 3.8) is 0 Å². The number of carbonyl (C=O) groups excluding carboxylic acids is 1. The van der Waals surface area contributed by atoms with Gasteiger partial charge in [0.2, 0.25) is 0 Å². The Balaban J connectivity index is 1.39. The minimum absolute atomic E-state index is 0.186. The minimum atomic E-state index is -0.309. The summed E-state index contributed by atoms with van der Waals surface area (Å²) in [5.74, 6) is 0.222. The number of para-hydroxylation sites is 1. The number of hydrogen-bond donors (Lipinski definition) is 2. The first-order valence-corrected chi connectivity index (χ1v) is 8.99. The van der Waals surface area contributed by atoms with Crippen molar-refractivity contribution in [2.75, 3.05) is 0 Å². The van der Waals surface area contributed by atoms with E-state index in [0.29, 0.717) is 5.82 Å². The predicted octanol–water partition coefficient (Wildman–Crippen LogP) is 0.626. The third-order valence-electron chi connectivity index (χ3n) is 4.80. The maximum atomic E-state index is 12.4. The Morgan fingerprint density at radius 2 is 1.89 bits per heavy atom. The predicted molar refractivity (Wildman–Crippen MR) is 95.8 cm³/mol. The Morgan fingerprint density at radius 1 is 1.11 bits per heavy atom. The fraction of sp³-hybridized carbons (Fsp3) is 0.412. The first kappa shape index (κ1) is 17.3. The van der Waals surface area contributed by atoms with Crippen molar-refractivity contribution in [2.24, 2.45) is 5.73 Å². The van der Waals surface area contributed by atoms with Crippen molar-refractivity contribution < 1.29 is 4.79 Å². The van der Waals surface area contributed by atoms with Crippen molar-refractivity contribution in [1.82, 2.24) is 40.5 Å². The number of nitrogens with two attached hydrogens (primary N) is 1. The molecule has 3 N–H and O–H groups in total. The van der Waals surface area contributed by atoms with E-state index in [-0.39, 0.29) is 30.2 Å². The van der Waals surface area contributed by atoms with Gasteiger partial charge in [0, 0.05) is 6.04 Å². The molecule has 140 valence electrons. The summed E-state index contributed by atoms with van der Waals surface area (Å²) >= 11 is 0. The molecule has 1 fully saturated rings. The standard InChI is InChI=1S/C17H21N9O/c18-12-6-8-13(9-7-12)25-11-15(20-23-25)17(27)19-10-16-21-22-24-26(16)14-4-2-1-3-5-14/h1-5,11-13H,6-10,18H2,(H,19,27). The number of amides is 1. The Kier molecular flexibility index (Phi) is 4.88. The van der Waals surface area contributed by atoms with Crippen LogP contribution in [-0.2, 0) is 6.54 Å². The van der Waals surface area contributed by atoms with Crippen LogP contribution in [0.4, 0.5) is 0 Å². The van der Waals surface area contributed by atoms with Crippen LogP contribution < -0.4 is 11.1 Å². The molecule has 0 bridgehead atoms. The Bertz CT molecular complexity index is 896. The normalized spacial score (nSPS) is 19.7. The van der Waals surface area contributed by atoms with E-state index in [9.17, 15) is 4.79 Å². The van der Waals surface area contributed by atoms with Gasteiger partial charge in [0.15, 0.2) is 11.5 Å². The number of nitrogens with zero attached hydrogens (tertiary/aromatic N) is 7. The van der Waals surface area contributed by atoms with Crippen LogP contribution in [0, 0.1) is 0 Å². The average molecular weight is 367 g/mol. The van der Waals surface area contributed by atoms with E-state index in [0.717, 1.165) is 31.4 Å². The highest BCUT2D eigenvalue weighted by atomic mass is 16.2. The van der Waals surface area contributed by atoms with Gasteiger partial charge < -0.3 is 11.1 Å². The van der Waals surface area contributed by atoms with Crippen LogP contribution in [0.1, 0.15) is 48.0 Å². The molecule has 10 heteroatoms. The number of nitrogens with one attached hydrogen (secondary N) is 1. The zero-order valence-electron chi connectivity index (χ0n) is 14.8. The molecule has 1 aliphatic carbocycles. The molecule has 3 aromatic rings. The zero-order valence-corrected chi connectivity index (χ0v) is 14.8. The maximum absolute atomic E-state index is 12.4. The van der Waals surface area contributed by atoms with Gasteiger partial charge in [-0.1, -0.05) is 23.4 Å². The van der Waals surface area contributed by atoms with Crippen molar-refractivity contribution in [2.45, 2.75) is 44.3 Å². The lowest BCUT2D eigenvalue weighted by Crippen LogP contribution is -2.28. The van der Waals surface area contributed by atoms with Crippen LogP contribution in [0.2, 0.25) is 0 Å². The third kappa shape index (κ3) is 3.85. The van der Waals surface area contributed by atoms with Crippen LogP contribution in [0.3, 0.4) is 0 Å². The van der Waals surface area contributed by atoms with Gasteiger partial charge in [-0.2, -0.15) is 4.68 Å². The quantitative estimate of drug-likeness (QED) is 0.676. The Labute approximate surface area is 155 Å². The number of rotatable bonds is 5. The van der Waals surface area contributed by atoms with E-state index in [2.05, 4.69) is 31.2 Å². The van der Waals surface area contributed by atoms with Crippen LogP contribution in [0.15, 0.2) is 36.5 Å². The topological polar surface area (TPSA) is 129 Å². The van der Waals surface area contributed by atoms with E-state index in [1.165, 1.54) is 0 Å². The lowest BCUT2D eigenvalue weighted by atomic mass is 9.92. The maximum Gasteiger partial charge on any atom is 0.273 e. The molecule has 1 aliphatic rings. The highest BCUT2D eigenvalue weighted by Crippen LogP contribution is 2.26. The summed E-state index contributed by atoms with van der Waals surface area (Å²) in [6.07, 6.45) is 5.54. The van der Waals surface area contributed by atoms with Crippen molar-refractivity contribution in [3.05, 3.63) is 48.0 Å². The summed E-state index contributed by atoms with van der Waals surface area (Å²) in [5, 5.41) is 22.6. The third-order valence-corrected chi connectivity index (χ3v) is 4.80. The van der Waals surface area contributed by atoms with Gasteiger partial charge in [0.25, 0.3) is 5.91 Å². The summed E-state index contributed by atoms with van der Waals surface area (Å²) in [7, 11) is 0. The van der Waals surface area contributed by atoms with E-state index >= 15 is 0 Å².